The molecular weight excluding hydrogens is 288 g/mol. The number of carbonyl (C=O) groups is 1. The zero-order chi connectivity index (χ0) is 13.2. The summed E-state index contributed by atoms with van der Waals surface area (Å²) in [6.45, 7) is 0.199. The molecule has 1 fully saturated rings. The molecule has 100 valence electrons. The first-order chi connectivity index (χ1) is 9.26. The number of hydrogen-bond donors (Lipinski definition) is 0. The first-order valence-corrected chi connectivity index (χ1v) is 7.29. The zero-order valence-electron chi connectivity index (χ0n) is 9.93. The molecule has 1 unspecified atom stereocenters. The number of benzene rings is 1. The number of alkyl halides is 1. The van der Waals surface area contributed by atoms with Gasteiger partial charge >= 0.3 is 0 Å². The number of ketones is 1. The van der Waals surface area contributed by atoms with Gasteiger partial charge in [0.1, 0.15) is 6.10 Å². The summed E-state index contributed by atoms with van der Waals surface area (Å²) in [7, 11) is 0. The molecule has 2 aliphatic heterocycles. The van der Waals surface area contributed by atoms with Crippen LogP contribution in [-0.4, -0.2) is 30.3 Å². The molecule has 4 nitrogen and oxygen atoms in total. The minimum Gasteiger partial charge on any atom is -0.482 e. The van der Waals surface area contributed by atoms with Crippen molar-refractivity contribution in [3.05, 3.63) is 34.9 Å². The summed E-state index contributed by atoms with van der Waals surface area (Å²) in [6, 6.07) is 5.13. The molecule has 0 amide bonds. The number of carbonyl (C=O) groups excluding carboxylic acids is 1. The standard InChI is InChI=1S/C13H11ClO4S/c14-5-9-6-19-13(18-9)4-10(15)8-1-2-11-12(3-8)17-7-16-11/h1-4,9H,5-7H2/b13-4-. The van der Waals surface area contributed by atoms with E-state index in [2.05, 4.69) is 0 Å². The Morgan fingerprint density at radius 2 is 2.26 bits per heavy atom. The molecule has 0 spiro atoms. The molecule has 0 saturated carbocycles. The number of rotatable bonds is 3. The van der Waals surface area contributed by atoms with Crippen molar-refractivity contribution in [2.24, 2.45) is 0 Å². The van der Waals surface area contributed by atoms with Gasteiger partial charge in [-0.05, 0) is 18.2 Å². The predicted molar refractivity (Wildman–Crippen MR) is 73.0 cm³/mol. The van der Waals surface area contributed by atoms with Gasteiger partial charge in [0.15, 0.2) is 22.4 Å². The third-order valence-electron chi connectivity index (χ3n) is 2.77. The Morgan fingerprint density at radius 3 is 3.05 bits per heavy atom. The van der Waals surface area contributed by atoms with E-state index in [0.29, 0.717) is 28.0 Å². The van der Waals surface area contributed by atoms with E-state index in [-0.39, 0.29) is 18.7 Å². The lowest BCUT2D eigenvalue weighted by Gasteiger charge is -2.04. The van der Waals surface area contributed by atoms with Crippen LogP contribution in [0.2, 0.25) is 0 Å². The third kappa shape index (κ3) is 2.67. The lowest BCUT2D eigenvalue weighted by Crippen LogP contribution is -2.09. The van der Waals surface area contributed by atoms with Gasteiger partial charge in [-0.15, -0.1) is 11.6 Å². The molecule has 0 radical (unpaired) electrons. The maximum absolute atomic E-state index is 12.1. The summed E-state index contributed by atoms with van der Waals surface area (Å²) in [5.74, 6) is 2.36. The minimum absolute atomic E-state index is 0.0116. The monoisotopic (exact) mass is 298 g/mol. The van der Waals surface area contributed by atoms with Crippen LogP contribution in [-0.2, 0) is 4.74 Å². The van der Waals surface area contributed by atoms with Gasteiger partial charge in [0.05, 0.1) is 5.88 Å². The average Bonchev–Trinajstić information content (AvgIpc) is 3.05. The van der Waals surface area contributed by atoms with Crippen molar-refractivity contribution in [2.75, 3.05) is 18.4 Å². The normalized spacial score (nSPS) is 22.6. The Kier molecular flexibility index (Phi) is 3.57. The fourth-order valence-corrected chi connectivity index (χ4v) is 3.03. The lowest BCUT2D eigenvalue weighted by molar-refractivity contribution is 0.103. The van der Waals surface area contributed by atoms with Gasteiger partial charge < -0.3 is 14.2 Å². The number of fused-ring (bicyclic) bond motifs is 1. The average molecular weight is 299 g/mol. The fourth-order valence-electron chi connectivity index (χ4n) is 1.80. The van der Waals surface area contributed by atoms with Crippen LogP contribution in [0.3, 0.4) is 0 Å². The molecule has 6 heteroatoms. The van der Waals surface area contributed by atoms with Gasteiger partial charge in [-0.3, -0.25) is 4.79 Å². The van der Waals surface area contributed by atoms with Crippen LogP contribution in [0.5, 0.6) is 11.5 Å². The van der Waals surface area contributed by atoms with Crippen LogP contribution in [0.1, 0.15) is 10.4 Å². The smallest absolute Gasteiger partial charge is 0.231 e. The highest BCUT2D eigenvalue weighted by atomic mass is 35.5. The Balaban J connectivity index is 1.76. The lowest BCUT2D eigenvalue weighted by atomic mass is 10.1. The van der Waals surface area contributed by atoms with Gasteiger partial charge in [-0.25, -0.2) is 0 Å². The predicted octanol–water partition coefficient (Wildman–Crippen LogP) is 2.81. The van der Waals surface area contributed by atoms with Crippen LogP contribution in [0.15, 0.2) is 29.4 Å². The number of thioether (sulfide) groups is 1. The second kappa shape index (κ2) is 5.35. The molecule has 19 heavy (non-hydrogen) atoms. The highest BCUT2D eigenvalue weighted by Crippen LogP contribution is 2.34. The largest absolute Gasteiger partial charge is 0.482 e. The van der Waals surface area contributed by atoms with Gasteiger partial charge in [-0.1, -0.05) is 11.8 Å². The number of allylic oxidation sites excluding steroid dienone is 1. The molecule has 1 atom stereocenters. The summed E-state index contributed by atoms with van der Waals surface area (Å²) in [5.41, 5.74) is 0.551. The molecule has 0 N–H and O–H groups in total. The van der Waals surface area contributed by atoms with E-state index in [1.165, 1.54) is 17.8 Å². The van der Waals surface area contributed by atoms with Gasteiger partial charge in [0.25, 0.3) is 0 Å². The van der Waals surface area contributed by atoms with Gasteiger partial charge in [-0.2, -0.15) is 0 Å². The van der Waals surface area contributed by atoms with E-state index in [1.54, 1.807) is 18.2 Å². The Morgan fingerprint density at radius 1 is 1.42 bits per heavy atom. The highest BCUT2D eigenvalue weighted by molar-refractivity contribution is 8.03. The second-order valence-electron chi connectivity index (χ2n) is 4.10. The topological polar surface area (TPSA) is 44.8 Å². The van der Waals surface area contributed by atoms with E-state index in [4.69, 9.17) is 25.8 Å². The number of hydrogen-bond acceptors (Lipinski definition) is 5. The Bertz CT molecular complexity index is 543. The van der Waals surface area contributed by atoms with Crippen molar-refractivity contribution in [3.63, 3.8) is 0 Å². The van der Waals surface area contributed by atoms with Crippen LogP contribution >= 0.6 is 23.4 Å². The van der Waals surface area contributed by atoms with E-state index in [9.17, 15) is 4.79 Å². The van der Waals surface area contributed by atoms with Crippen molar-refractivity contribution in [1.82, 2.24) is 0 Å². The van der Waals surface area contributed by atoms with E-state index in [1.807, 2.05) is 0 Å². The summed E-state index contributed by atoms with van der Waals surface area (Å²) >= 11 is 7.21. The van der Waals surface area contributed by atoms with Crippen molar-refractivity contribution in [2.45, 2.75) is 6.10 Å². The van der Waals surface area contributed by atoms with Crippen molar-refractivity contribution >= 4 is 29.1 Å². The molecule has 0 bridgehead atoms. The van der Waals surface area contributed by atoms with Crippen LogP contribution in [0.25, 0.3) is 0 Å². The Labute approximate surface area is 119 Å². The molecular formula is C13H11ClO4S. The first-order valence-electron chi connectivity index (χ1n) is 5.77. The zero-order valence-corrected chi connectivity index (χ0v) is 11.5. The molecule has 0 aliphatic carbocycles. The fraction of sp³-hybridized carbons (Fsp3) is 0.308. The molecule has 1 aromatic rings. The molecule has 2 heterocycles. The maximum atomic E-state index is 12.1. The van der Waals surface area contributed by atoms with Gasteiger partial charge in [0, 0.05) is 17.4 Å². The van der Waals surface area contributed by atoms with E-state index >= 15 is 0 Å². The van der Waals surface area contributed by atoms with Crippen molar-refractivity contribution in [1.29, 1.82) is 0 Å². The van der Waals surface area contributed by atoms with Crippen LogP contribution in [0.4, 0.5) is 0 Å². The molecule has 1 aromatic carbocycles. The number of ether oxygens (including phenoxy) is 3. The molecule has 2 aliphatic rings. The maximum Gasteiger partial charge on any atom is 0.231 e. The summed E-state index contributed by atoms with van der Waals surface area (Å²) in [5, 5.41) is 0.619. The van der Waals surface area contributed by atoms with Crippen molar-refractivity contribution in [3.8, 4) is 11.5 Å². The number of halogens is 1. The quantitative estimate of drug-likeness (QED) is 0.488. The summed E-state index contributed by atoms with van der Waals surface area (Å²) in [4.78, 5) is 12.1. The van der Waals surface area contributed by atoms with Crippen LogP contribution in [0, 0.1) is 0 Å². The first kappa shape index (κ1) is 12.7. The molecule has 3 rings (SSSR count). The Hall–Kier alpha value is -1.33. The van der Waals surface area contributed by atoms with E-state index < -0.39 is 0 Å². The summed E-state index contributed by atoms with van der Waals surface area (Å²) in [6.07, 6.45) is 1.48. The minimum atomic E-state index is -0.115. The van der Waals surface area contributed by atoms with Crippen LogP contribution < -0.4 is 9.47 Å². The molecule has 1 saturated heterocycles. The highest BCUT2D eigenvalue weighted by Gasteiger charge is 2.22. The molecule has 0 aromatic heterocycles. The summed E-state index contributed by atoms with van der Waals surface area (Å²) < 4.78 is 16.0. The van der Waals surface area contributed by atoms with E-state index in [0.717, 1.165) is 5.75 Å². The third-order valence-corrected chi connectivity index (χ3v) is 4.15. The van der Waals surface area contributed by atoms with Crippen molar-refractivity contribution < 1.29 is 19.0 Å². The second-order valence-corrected chi connectivity index (χ2v) is 5.43. The SMILES string of the molecule is O=C(/C=C1/OC(CCl)CS1)c1ccc2c(c1)OCO2. The van der Waals surface area contributed by atoms with Gasteiger partial charge in [0.2, 0.25) is 6.79 Å².